The molecular weight excluding hydrogens is 281 g/mol. The highest BCUT2D eigenvalue weighted by molar-refractivity contribution is 5.43. The Balaban J connectivity index is 1.64. The van der Waals surface area contributed by atoms with E-state index in [1.165, 1.54) is 6.33 Å². The first-order valence-corrected chi connectivity index (χ1v) is 7.85. The molecule has 3 heterocycles. The Labute approximate surface area is 130 Å². The Morgan fingerprint density at radius 1 is 1.27 bits per heavy atom. The second-order valence-electron chi connectivity index (χ2n) is 6.18. The molecule has 1 aliphatic rings. The fourth-order valence-electron chi connectivity index (χ4n) is 2.97. The van der Waals surface area contributed by atoms with Gasteiger partial charge in [-0.05, 0) is 6.42 Å². The summed E-state index contributed by atoms with van der Waals surface area (Å²) in [5.41, 5.74) is 0.491. The number of rotatable bonds is 5. The summed E-state index contributed by atoms with van der Waals surface area (Å²) in [6.07, 6.45) is 5.92. The van der Waals surface area contributed by atoms with Crippen LogP contribution in [0.15, 0.2) is 18.7 Å². The molecule has 0 atom stereocenters. The van der Waals surface area contributed by atoms with E-state index in [-0.39, 0.29) is 5.82 Å². The molecule has 1 aliphatic heterocycles. The van der Waals surface area contributed by atoms with Crippen molar-refractivity contribution in [3.63, 3.8) is 0 Å². The fourth-order valence-corrected chi connectivity index (χ4v) is 2.97. The lowest BCUT2D eigenvalue weighted by molar-refractivity contribution is 0.344. The quantitative estimate of drug-likeness (QED) is 0.852. The molecular formula is C16H22FN5. The SMILES string of the molecule is CCc1ncnc(N2CC(Cn3ccnc3C(C)C)C2)c1F. The van der Waals surface area contributed by atoms with Crippen molar-refractivity contribution in [2.24, 2.45) is 5.92 Å². The molecule has 0 aliphatic carbocycles. The normalized spacial score (nSPS) is 15.4. The highest BCUT2D eigenvalue weighted by Crippen LogP contribution is 2.27. The largest absolute Gasteiger partial charge is 0.353 e. The summed E-state index contributed by atoms with van der Waals surface area (Å²) in [5.74, 6) is 2.20. The molecule has 0 N–H and O–H groups in total. The minimum Gasteiger partial charge on any atom is -0.353 e. The van der Waals surface area contributed by atoms with Crippen molar-refractivity contribution in [3.05, 3.63) is 36.1 Å². The number of aryl methyl sites for hydroxylation is 1. The number of aromatic nitrogens is 4. The topological polar surface area (TPSA) is 46.8 Å². The molecule has 0 amide bonds. The Kier molecular flexibility index (Phi) is 4.09. The Morgan fingerprint density at radius 2 is 2.05 bits per heavy atom. The van der Waals surface area contributed by atoms with Crippen LogP contribution in [0, 0.1) is 11.7 Å². The molecule has 3 rings (SSSR count). The van der Waals surface area contributed by atoms with Crippen molar-refractivity contribution in [3.8, 4) is 0 Å². The van der Waals surface area contributed by atoms with E-state index < -0.39 is 0 Å². The molecule has 0 spiro atoms. The molecule has 1 fully saturated rings. The van der Waals surface area contributed by atoms with Gasteiger partial charge in [-0.3, -0.25) is 0 Å². The molecule has 6 heteroatoms. The highest BCUT2D eigenvalue weighted by atomic mass is 19.1. The van der Waals surface area contributed by atoms with Crippen LogP contribution in [-0.4, -0.2) is 32.6 Å². The van der Waals surface area contributed by atoms with E-state index in [9.17, 15) is 4.39 Å². The summed E-state index contributed by atoms with van der Waals surface area (Å²) in [5, 5.41) is 0. The zero-order valence-electron chi connectivity index (χ0n) is 13.3. The van der Waals surface area contributed by atoms with Crippen LogP contribution in [0.1, 0.15) is 38.2 Å². The van der Waals surface area contributed by atoms with Crippen LogP contribution in [0.5, 0.6) is 0 Å². The van der Waals surface area contributed by atoms with Gasteiger partial charge in [-0.2, -0.15) is 0 Å². The number of anilines is 1. The fraction of sp³-hybridized carbons (Fsp3) is 0.562. The van der Waals surface area contributed by atoms with Gasteiger partial charge in [-0.25, -0.2) is 19.3 Å². The number of hydrogen-bond donors (Lipinski definition) is 0. The molecule has 0 unspecified atom stereocenters. The van der Waals surface area contributed by atoms with Crippen LogP contribution in [-0.2, 0) is 13.0 Å². The van der Waals surface area contributed by atoms with E-state index in [4.69, 9.17) is 0 Å². The third-order valence-electron chi connectivity index (χ3n) is 4.15. The standard InChI is InChI=1S/C16H22FN5/c1-4-13-14(17)16(20-10-19-13)22-8-12(9-22)7-21-6-5-18-15(21)11(2)3/h5-6,10-12H,4,7-9H2,1-3H3. The van der Waals surface area contributed by atoms with Crippen molar-refractivity contribution in [2.45, 2.75) is 39.7 Å². The summed E-state index contributed by atoms with van der Waals surface area (Å²) < 4.78 is 16.4. The predicted molar refractivity (Wildman–Crippen MR) is 83.4 cm³/mol. The Morgan fingerprint density at radius 3 is 2.73 bits per heavy atom. The molecule has 2 aromatic heterocycles. The smallest absolute Gasteiger partial charge is 0.187 e. The lowest BCUT2D eigenvalue weighted by Gasteiger charge is -2.40. The van der Waals surface area contributed by atoms with Crippen LogP contribution in [0.4, 0.5) is 10.2 Å². The Bertz CT molecular complexity index is 646. The summed E-state index contributed by atoms with van der Waals surface area (Å²) in [7, 11) is 0. The van der Waals surface area contributed by atoms with Crippen LogP contribution in [0.2, 0.25) is 0 Å². The molecule has 0 bridgehead atoms. The second kappa shape index (κ2) is 6.02. The average molecular weight is 303 g/mol. The zero-order valence-corrected chi connectivity index (χ0v) is 13.3. The second-order valence-corrected chi connectivity index (χ2v) is 6.18. The number of halogens is 1. The van der Waals surface area contributed by atoms with Gasteiger partial charge >= 0.3 is 0 Å². The van der Waals surface area contributed by atoms with Crippen molar-refractivity contribution in [1.82, 2.24) is 19.5 Å². The van der Waals surface area contributed by atoms with Crippen LogP contribution in [0.3, 0.4) is 0 Å². The molecule has 0 saturated carbocycles. The monoisotopic (exact) mass is 303 g/mol. The van der Waals surface area contributed by atoms with E-state index >= 15 is 0 Å². The molecule has 2 aromatic rings. The molecule has 118 valence electrons. The van der Waals surface area contributed by atoms with Crippen molar-refractivity contribution < 1.29 is 4.39 Å². The first-order valence-electron chi connectivity index (χ1n) is 7.85. The van der Waals surface area contributed by atoms with E-state index in [0.29, 0.717) is 29.8 Å². The van der Waals surface area contributed by atoms with Gasteiger partial charge in [0, 0.05) is 43.9 Å². The zero-order chi connectivity index (χ0) is 15.7. The highest BCUT2D eigenvalue weighted by Gasteiger charge is 2.31. The minimum absolute atomic E-state index is 0.269. The van der Waals surface area contributed by atoms with Gasteiger partial charge in [0.2, 0.25) is 0 Å². The maximum atomic E-state index is 14.2. The van der Waals surface area contributed by atoms with Gasteiger partial charge in [0.05, 0.1) is 5.69 Å². The summed E-state index contributed by atoms with van der Waals surface area (Å²) >= 11 is 0. The summed E-state index contributed by atoms with van der Waals surface area (Å²) in [4.78, 5) is 14.5. The first-order chi connectivity index (χ1) is 10.6. The van der Waals surface area contributed by atoms with Crippen molar-refractivity contribution in [2.75, 3.05) is 18.0 Å². The van der Waals surface area contributed by atoms with Crippen LogP contribution < -0.4 is 4.90 Å². The maximum Gasteiger partial charge on any atom is 0.187 e. The predicted octanol–water partition coefficient (Wildman–Crippen LogP) is 2.63. The van der Waals surface area contributed by atoms with Gasteiger partial charge in [-0.15, -0.1) is 0 Å². The molecule has 1 saturated heterocycles. The maximum absolute atomic E-state index is 14.2. The van der Waals surface area contributed by atoms with E-state index in [0.717, 1.165) is 25.5 Å². The average Bonchev–Trinajstić information content (AvgIpc) is 2.91. The molecule has 0 aromatic carbocycles. The Hall–Kier alpha value is -1.98. The van der Waals surface area contributed by atoms with Gasteiger partial charge < -0.3 is 9.47 Å². The minimum atomic E-state index is -0.269. The van der Waals surface area contributed by atoms with E-state index in [1.54, 1.807) is 0 Å². The third-order valence-corrected chi connectivity index (χ3v) is 4.15. The number of hydrogen-bond acceptors (Lipinski definition) is 4. The van der Waals surface area contributed by atoms with E-state index in [2.05, 4.69) is 33.4 Å². The van der Waals surface area contributed by atoms with Gasteiger partial charge in [0.25, 0.3) is 0 Å². The van der Waals surface area contributed by atoms with Gasteiger partial charge in [0.15, 0.2) is 11.6 Å². The third kappa shape index (κ3) is 2.69. The lowest BCUT2D eigenvalue weighted by atomic mass is 9.99. The number of nitrogens with zero attached hydrogens (tertiary/aromatic N) is 5. The lowest BCUT2D eigenvalue weighted by Crippen LogP contribution is -2.49. The first kappa shape index (κ1) is 14.9. The molecule has 22 heavy (non-hydrogen) atoms. The molecule has 0 radical (unpaired) electrons. The van der Waals surface area contributed by atoms with Gasteiger partial charge in [-0.1, -0.05) is 20.8 Å². The van der Waals surface area contributed by atoms with Crippen molar-refractivity contribution in [1.29, 1.82) is 0 Å². The summed E-state index contributed by atoms with van der Waals surface area (Å²) in [6.45, 7) is 8.78. The van der Waals surface area contributed by atoms with Gasteiger partial charge in [0.1, 0.15) is 12.2 Å². The molecule has 5 nitrogen and oxygen atoms in total. The van der Waals surface area contributed by atoms with Crippen LogP contribution in [0.25, 0.3) is 0 Å². The number of imidazole rings is 1. The van der Waals surface area contributed by atoms with Crippen LogP contribution >= 0.6 is 0 Å². The van der Waals surface area contributed by atoms with E-state index in [1.807, 2.05) is 24.2 Å². The summed E-state index contributed by atoms with van der Waals surface area (Å²) in [6, 6.07) is 0. The van der Waals surface area contributed by atoms with Crippen molar-refractivity contribution >= 4 is 5.82 Å².